The molecule has 1 fully saturated rings. The number of rotatable bonds is 10. The highest BCUT2D eigenvalue weighted by atomic mass is 16.5. The van der Waals surface area contributed by atoms with Crippen molar-refractivity contribution >= 4 is 17.4 Å². The van der Waals surface area contributed by atoms with Crippen LogP contribution in [0.1, 0.15) is 47.7 Å². The number of amides is 1. The van der Waals surface area contributed by atoms with Crippen LogP contribution in [0.5, 0.6) is 17.2 Å². The Kier molecular flexibility index (Phi) is 8.81. The molecule has 1 aliphatic rings. The van der Waals surface area contributed by atoms with Gasteiger partial charge in [0.15, 0.2) is 0 Å². The van der Waals surface area contributed by atoms with Gasteiger partial charge in [-0.1, -0.05) is 54.6 Å². The molecular weight excluding hydrogens is 542 g/mol. The van der Waals surface area contributed by atoms with Gasteiger partial charge in [-0.05, 0) is 85.5 Å². The highest BCUT2D eigenvalue weighted by molar-refractivity contribution is 6.46. The van der Waals surface area contributed by atoms with Crippen LogP contribution in [0.25, 0.3) is 5.76 Å². The molecule has 4 aromatic rings. The molecule has 1 heterocycles. The predicted molar refractivity (Wildman–Crippen MR) is 165 cm³/mol. The third-order valence-corrected chi connectivity index (χ3v) is 7.26. The van der Waals surface area contributed by atoms with Gasteiger partial charge in [0.1, 0.15) is 29.6 Å². The van der Waals surface area contributed by atoms with Crippen molar-refractivity contribution in [2.45, 2.75) is 46.1 Å². The number of hydrogen-bond acceptors (Lipinski definition) is 6. The highest BCUT2D eigenvalue weighted by Crippen LogP contribution is 2.41. The van der Waals surface area contributed by atoms with Crippen molar-refractivity contribution in [2.24, 2.45) is 0 Å². The summed E-state index contributed by atoms with van der Waals surface area (Å²) in [5.74, 6) is 0.225. The monoisotopic (exact) mass is 577 g/mol. The number of ketones is 1. The number of benzene rings is 4. The maximum atomic E-state index is 13.6. The predicted octanol–water partition coefficient (Wildman–Crippen LogP) is 6.99. The van der Waals surface area contributed by atoms with Gasteiger partial charge in [-0.3, -0.25) is 9.59 Å². The van der Waals surface area contributed by atoms with Crippen LogP contribution in [0.15, 0.2) is 103 Å². The number of ether oxygens (including phenoxy) is 3. The van der Waals surface area contributed by atoms with E-state index in [2.05, 4.69) is 0 Å². The minimum absolute atomic E-state index is 0.0203. The largest absolute Gasteiger partial charge is 0.507 e. The quantitative estimate of drug-likeness (QED) is 0.124. The molecule has 1 atom stereocenters. The zero-order valence-corrected chi connectivity index (χ0v) is 24.7. The average Bonchev–Trinajstić information content (AvgIpc) is 3.25. The number of nitrogens with zero attached hydrogens (tertiary/aromatic N) is 1. The summed E-state index contributed by atoms with van der Waals surface area (Å²) in [4.78, 5) is 28.6. The van der Waals surface area contributed by atoms with Crippen molar-refractivity contribution in [3.8, 4) is 17.2 Å². The standard InChI is InChI=1S/C36H35NO6/c1-23(2)43-30-15-9-13-27(20-30)33-32(35(39)36(40)37(33)21-26-12-8-14-29(19-26)41-4)34(38)28-16-17-31(24(3)18-28)42-22-25-10-6-5-7-11-25/h5-20,23,33,38H,21-22H2,1-4H3/b34-32+. The number of carbonyl (C=O) groups excluding carboxylic acids is 2. The van der Waals surface area contributed by atoms with E-state index in [9.17, 15) is 14.7 Å². The number of aliphatic hydroxyl groups excluding tert-OH is 1. The number of Topliss-reactive ketones (excluding diaryl/α,β-unsaturated/α-hetero) is 1. The number of methoxy groups -OCH3 is 1. The maximum Gasteiger partial charge on any atom is 0.295 e. The van der Waals surface area contributed by atoms with E-state index in [1.165, 1.54) is 4.90 Å². The highest BCUT2D eigenvalue weighted by Gasteiger charge is 2.46. The molecule has 43 heavy (non-hydrogen) atoms. The molecule has 4 aromatic carbocycles. The third-order valence-electron chi connectivity index (χ3n) is 7.26. The Hall–Kier alpha value is -5.04. The molecule has 0 radical (unpaired) electrons. The normalized spacial score (nSPS) is 16.0. The van der Waals surface area contributed by atoms with Crippen LogP contribution in [0, 0.1) is 6.92 Å². The second-order valence-corrected chi connectivity index (χ2v) is 10.8. The molecule has 1 saturated heterocycles. The average molecular weight is 578 g/mol. The van der Waals surface area contributed by atoms with Crippen LogP contribution in [0.3, 0.4) is 0 Å². The van der Waals surface area contributed by atoms with Crippen molar-refractivity contribution in [3.63, 3.8) is 0 Å². The fourth-order valence-corrected chi connectivity index (χ4v) is 5.24. The van der Waals surface area contributed by atoms with Crippen LogP contribution in [0.2, 0.25) is 0 Å². The molecule has 1 aliphatic heterocycles. The molecule has 220 valence electrons. The lowest BCUT2D eigenvalue weighted by molar-refractivity contribution is -0.140. The lowest BCUT2D eigenvalue weighted by Crippen LogP contribution is -2.29. The Morgan fingerprint density at radius 2 is 1.58 bits per heavy atom. The molecule has 0 spiro atoms. The third kappa shape index (κ3) is 6.56. The summed E-state index contributed by atoms with van der Waals surface area (Å²) >= 11 is 0. The van der Waals surface area contributed by atoms with Crippen LogP contribution in [-0.4, -0.2) is 34.9 Å². The Bertz CT molecular complexity index is 1660. The lowest BCUT2D eigenvalue weighted by Gasteiger charge is -2.26. The van der Waals surface area contributed by atoms with Crippen molar-refractivity contribution in [2.75, 3.05) is 7.11 Å². The van der Waals surface area contributed by atoms with E-state index in [0.29, 0.717) is 35.0 Å². The number of aliphatic hydroxyl groups is 1. The maximum absolute atomic E-state index is 13.6. The molecule has 0 aromatic heterocycles. The van der Waals surface area contributed by atoms with Gasteiger partial charge in [0, 0.05) is 12.1 Å². The minimum atomic E-state index is -0.837. The molecule has 0 saturated carbocycles. The van der Waals surface area contributed by atoms with Crippen LogP contribution in [0.4, 0.5) is 0 Å². The number of hydrogen-bond donors (Lipinski definition) is 1. The van der Waals surface area contributed by atoms with E-state index in [0.717, 1.165) is 16.7 Å². The number of likely N-dealkylation sites (tertiary alicyclic amines) is 1. The summed E-state index contributed by atoms with van der Waals surface area (Å²) in [5, 5.41) is 11.6. The van der Waals surface area contributed by atoms with E-state index in [-0.39, 0.29) is 24.0 Å². The first-order valence-electron chi connectivity index (χ1n) is 14.2. The minimum Gasteiger partial charge on any atom is -0.507 e. The molecule has 1 N–H and O–H groups in total. The summed E-state index contributed by atoms with van der Waals surface area (Å²) in [7, 11) is 1.57. The lowest BCUT2D eigenvalue weighted by atomic mass is 9.94. The first-order valence-corrected chi connectivity index (χ1v) is 14.2. The Morgan fingerprint density at radius 1 is 0.860 bits per heavy atom. The zero-order valence-electron chi connectivity index (χ0n) is 24.7. The zero-order chi connectivity index (χ0) is 30.5. The van der Waals surface area contributed by atoms with Gasteiger partial charge in [-0.25, -0.2) is 0 Å². The van der Waals surface area contributed by atoms with Gasteiger partial charge in [-0.15, -0.1) is 0 Å². The molecule has 5 rings (SSSR count). The van der Waals surface area contributed by atoms with Crippen molar-refractivity contribution in [1.29, 1.82) is 0 Å². The van der Waals surface area contributed by atoms with Crippen molar-refractivity contribution in [1.82, 2.24) is 4.90 Å². The summed E-state index contributed by atoms with van der Waals surface area (Å²) in [6.07, 6.45) is -0.0657. The second-order valence-electron chi connectivity index (χ2n) is 10.8. The van der Waals surface area contributed by atoms with Crippen molar-refractivity contribution < 1.29 is 28.9 Å². The van der Waals surface area contributed by atoms with Gasteiger partial charge in [0.25, 0.3) is 11.7 Å². The Morgan fingerprint density at radius 3 is 2.30 bits per heavy atom. The molecule has 7 nitrogen and oxygen atoms in total. The molecule has 1 amide bonds. The number of aryl methyl sites for hydroxylation is 1. The van der Waals surface area contributed by atoms with Crippen LogP contribution >= 0.6 is 0 Å². The van der Waals surface area contributed by atoms with Gasteiger partial charge in [0.2, 0.25) is 0 Å². The van der Waals surface area contributed by atoms with Crippen LogP contribution < -0.4 is 14.2 Å². The topological polar surface area (TPSA) is 85.3 Å². The van der Waals surface area contributed by atoms with E-state index in [1.807, 2.05) is 99.6 Å². The van der Waals surface area contributed by atoms with Gasteiger partial charge in [0.05, 0.1) is 24.8 Å². The first kappa shape index (κ1) is 29.5. The second kappa shape index (κ2) is 12.9. The fourth-order valence-electron chi connectivity index (χ4n) is 5.24. The van der Waals surface area contributed by atoms with E-state index < -0.39 is 17.7 Å². The summed E-state index contributed by atoms with van der Waals surface area (Å²) in [6, 6.07) is 28.9. The van der Waals surface area contributed by atoms with E-state index in [1.54, 1.807) is 25.3 Å². The molecular formula is C36H35NO6. The Labute approximate surface area is 252 Å². The van der Waals surface area contributed by atoms with Gasteiger partial charge < -0.3 is 24.2 Å². The first-order chi connectivity index (χ1) is 20.7. The van der Waals surface area contributed by atoms with Gasteiger partial charge in [-0.2, -0.15) is 0 Å². The molecule has 7 heteroatoms. The molecule has 0 aliphatic carbocycles. The smallest absolute Gasteiger partial charge is 0.295 e. The summed E-state index contributed by atoms with van der Waals surface area (Å²) in [6.45, 7) is 6.28. The van der Waals surface area contributed by atoms with Gasteiger partial charge >= 0.3 is 0 Å². The fraction of sp³-hybridized carbons (Fsp3) is 0.222. The molecule has 1 unspecified atom stereocenters. The van der Waals surface area contributed by atoms with Crippen molar-refractivity contribution in [3.05, 3.63) is 130 Å². The van der Waals surface area contributed by atoms with Crippen LogP contribution in [-0.2, 0) is 22.7 Å². The molecule has 0 bridgehead atoms. The number of carbonyl (C=O) groups is 2. The van der Waals surface area contributed by atoms with E-state index in [4.69, 9.17) is 14.2 Å². The SMILES string of the molecule is COc1cccc(CN2C(=O)C(=O)/C(=C(/O)c3ccc(OCc4ccccc4)c(C)c3)C2c2cccc(OC(C)C)c2)c1. The summed E-state index contributed by atoms with van der Waals surface area (Å²) in [5.41, 5.74) is 3.71. The Balaban J connectivity index is 1.54. The van der Waals surface area contributed by atoms with E-state index >= 15 is 0 Å². The summed E-state index contributed by atoms with van der Waals surface area (Å²) < 4.78 is 17.3.